The summed E-state index contributed by atoms with van der Waals surface area (Å²) in [4.78, 5) is 17.8. The molecular formula is C17H22BrN5O3. The molecule has 26 heavy (non-hydrogen) atoms. The lowest BCUT2D eigenvalue weighted by Crippen LogP contribution is -2.37. The maximum Gasteiger partial charge on any atom is 0.413 e. The Morgan fingerprint density at radius 1 is 1.35 bits per heavy atom. The van der Waals surface area contributed by atoms with Gasteiger partial charge in [0.1, 0.15) is 11.6 Å². The lowest BCUT2D eigenvalue weighted by Gasteiger charge is -2.29. The van der Waals surface area contributed by atoms with Gasteiger partial charge in [-0.2, -0.15) is 9.61 Å². The molecule has 1 amide bonds. The van der Waals surface area contributed by atoms with Crippen molar-refractivity contribution in [1.82, 2.24) is 14.6 Å². The first-order chi connectivity index (χ1) is 12.5. The van der Waals surface area contributed by atoms with Gasteiger partial charge >= 0.3 is 6.09 Å². The number of carboxylic acid groups (broad SMARTS) is 1. The van der Waals surface area contributed by atoms with E-state index in [0.29, 0.717) is 34.2 Å². The number of hydrogen-bond acceptors (Lipinski definition) is 5. The molecule has 2 aliphatic rings. The van der Waals surface area contributed by atoms with Gasteiger partial charge in [0, 0.05) is 12.6 Å². The molecule has 0 bridgehead atoms. The number of halogens is 1. The zero-order chi connectivity index (χ0) is 18.3. The fraction of sp³-hybridized carbons (Fsp3) is 0.588. The number of aromatic nitrogens is 3. The van der Waals surface area contributed by atoms with Crippen molar-refractivity contribution >= 4 is 39.3 Å². The summed E-state index contributed by atoms with van der Waals surface area (Å²) in [5.74, 6) is 1.43. The molecule has 0 aromatic carbocycles. The summed E-state index contributed by atoms with van der Waals surface area (Å²) >= 11 is 3.43. The highest BCUT2D eigenvalue weighted by atomic mass is 79.9. The first-order valence-corrected chi connectivity index (χ1v) is 9.81. The van der Waals surface area contributed by atoms with Gasteiger partial charge in [-0.15, -0.1) is 0 Å². The fourth-order valence-corrected chi connectivity index (χ4v) is 3.83. The van der Waals surface area contributed by atoms with E-state index < -0.39 is 12.2 Å². The van der Waals surface area contributed by atoms with Gasteiger partial charge in [-0.1, -0.05) is 12.8 Å². The second kappa shape index (κ2) is 7.03. The molecule has 4 rings (SSSR count). The maximum absolute atomic E-state index is 11.9. The SMILES string of the molecule is O=C(O)N(CC1CC1)c1cc(N[C@H]2CCCC[C@H]2O)nc2c(Br)cnn12. The predicted molar refractivity (Wildman–Crippen MR) is 101 cm³/mol. The van der Waals surface area contributed by atoms with Gasteiger partial charge in [-0.05, 0) is 47.5 Å². The van der Waals surface area contributed by atoms with E-state index in [9.17, 15) is 15.0 Å². The van der Waals surface area contributed by atoms with Gasteiger partial charge in [-0.25, -0.2) is 9.78 Å². The van der Waals surface area contributed by atoms with Gasteiger partial charge in [0.05, 0.1) is 22.8 Å². The van der Waals surface area contributed by atoms with Crippen molar-refractivity contribution in [3.8, 4) is 0 Å². The normalized spacial score (nSPS) is 23.2. The van der Waals surface area contributed by atoms with Gasteiger partial charge in [0.2, 0.25) is 0 Å². The molecule has 0 unspecified atom stereocenters. The monoisotopic (exact) mass is 423 g/mol. The van der Waals surface area contributed by atoms with E-state index in [1.807, 2.05) is 0 Å². The Bertz CT molecular complexity index is 822. The molecule has 8 nitrogen and oxygen atoms in total. The van der Waals surface area contributed by atoms with E-state index in [1.54, 1.807) is 16.8 Å². The topological polar surface area (TPSA) is 103 Å². The van der Waals surface area contributed by atoms with E-state index in [4.69, 9.17) is 0 Å². The molecule has 0 aliphatic heterocycles. The average Bonchev–Trinajstić information content (AvgIpc) is 3.36. The van der Waals surface area contributed by atoms with E-state index in [0.717, 1.165) is 38.5 Å². The van der Waals surface area contributed by atoms with Crippen LogP contribution >= 0.6 is 15.9 Å². The Balaban J connectivity index is 1.71. The minimum absolute atomic E-state index is 0.0741. The first kappa shape index (κ1) is 17.5. The number of fused-ring (bicyclic) bond motifs is 1. The van der Waals surface area contributed by atoms with Crippen molar-refractivity contribution in [3.05, 3.63) is 16.7 Å². The summed E-state index contributed by atoms with van der Waals surface area (Å²) in [5.41, 5.74) is 0.553. The number of rotatable bonds is 5. The Morgan fingerprint density at radius 2 is 2.12 bits per heavy atom. The highest BCUT2D eigenvalue weighted by Crippen LogP contribution is 2.33. The third-order valence-corrected chi connectivity index (χ3v) is 5.68. The quantitative estimate of drug-likeness (QED) is 0.682. The molecule has 140 valence electrons. The second-order valence-corrected chi connectivity index (χ2v) is 8.02. The average molecular weight is 424 g/mol. The third kappa shape index (κ3) is 3.50. The zero-order valence-corrected chi connectivity index (χ0v) is 15.9. The van der Waals surface area contributed by atoms with Crippen LogP contribution in [0.4, 0.5) is 16.4 Å². The van der Waals surface area contributed by atoms with Crippen LogP contribution < -0.4 is 10.2 Å². The number of nitrogens with zero attached hydrogens (tertiary/aromatic N) is 4. The van der Waals surface area contributed by atoms with Crippen LogP contribution in [-0.4, -0.2) is 49.6 Å². The van der Waals surface area contributed by atoms with Crippen LogP contribution in [0.3, 0.4) is 0 Å². The molecule has 3 N–H and O–H groups in total. The molecule has 2 heterocycles. The highest BCUT2D eigenvalue weighted by Gasteiger charge is 2.30. The molecule has 2 saturated carbocycles. The van der Waals surface area contributed by atoms with Crippen molar-refractivity contribution < 1.29 is 15.0 Å². The summed E-state index contributed by atoms with van der Waals surface area (Å²) in [5, 5.41) is 27.5. The Hall–Kier alpha value is -1.87. The second-order valence-electron chi connectivity index (χ2n) is 7.17. The molecular weight excluding hydrogens is 402 g/mol. The standard InChI is InChI=1S/C17H22BrN5O3/c18-11-8-19-23-15(22(17(25)26)9-10-5-6-10)7-14(21-16(11)23)20-12-3-1-2-4-13(12)24/h7-8,10,12-13,24H,1-6,9H2,(H,20,21)(H,25,26)/t12-,13+/m0/s1. The number of amides is 1. The smallest absolute Gasteiger partial charge is 0.413 e. The van der Waals surface area contributed by atoms with Crippen molar-refractivity contribution in [2.75, 3.05) is 16.8 Å². The third-order valence-electron chi connectivity index (χ3n) is 5.12. The van der Waals surface area contributed by atoms with Crippen LogP contribution in [-0.2, 0) is 0 Å². The van der Waals surface area contributed by atoms with Gasteiger partial charge in [-0.3, -0.25) is 4.90 Å². The largest absolute Gasteiger partial charge is 0.465 e. The summed E-state index contributed by atoms with van der Waals surface area (Å²) in [6, 6.07) is 1.64. The summed E-state index contributed by atoms with van der Waals surface area (Å²) in [7, 11) is 0. The lowest BCUT2D eigenvalue weighted by molar-refractivity contribution is 0.116. The van der Waals surface area contributed by atoms with Gasteiger partial charge in [0.15, 0.2) is 5.65 Å². The molecule has 2 atom stereocenters. The minimum atomic E-state index is -1.00. The van der Waals surface area contributed by atoms with Crippen molar-refractivity contribution in [1.29, 1.82) is 0 Å². The molecule has 2 aromatic rings. The molecule has 0 radical (unpaired) electrons. The van der Waals surface area contributed by atoms with Gasteiger partial charge in [0.25, 0.3) is 0 Å². The number of nitrogens with one attached hydrogen (secondary N) is 1. The number of aliphatic hydroxyl groups excluding tert-OH is 1. The van der Waals surface area contributed by atoms with E-state index >= 15 is 0 Å². The van der Waals surface area contributed by atoms with Gasteiger partial charge < -0.3 is 15.5 Å². The first-order valence-electron chi connectivity index (χ1n) is 9.02. The summed E-state index contributed by atoms with van der Waals surface area (Å²) < 4.78 is 2.24. The fourth-order valence-electron chi connectivity index (χ4n) is 3.48. The number of aliphatic hydroxyl groups is 1. The molecule has 0 saturated heterocycles. The molecule has 2 aromatic heterocycles. The maximum atomic E-state index is 11.9. The van der Waals surface area contributed by atoms with Crippen LogP contribution in [0.15, 0.2) is 16.7 Å². The highest BCUT2D eigenvalue weighted by molar-refractivity contribution is 9.10. The van der Waals surface area contributed by atoms with Crippen molar-refractivity contribution in [2.45, 2.75) is 50.7 Å². The molecule has 2 aliphatic carbocycles. The van der Waals surface area contributed by atoms with Crippen LogP contribution in [0, 0.1) is 5.92 Å². The number of hydrogen-bond donors (Lipinski definition) is 3. The zero-order valence-electron chi connectivity index (χ0n) is 14.3. The van der Waals surface area contributed by atoms with Crippen LogP contribution in [0.5, 0.6) is 0 Å². The van der Waals surface area contributed by atoms with Crippen LogP contribution in [0.2, 0.25) is 0 Å². The number of carbonyl (C=O) groups is 1. The van der Waals surface area contributed by atoms with Crippen molar-refractivity contribution in [2.24, 2.45) is 5.92 Å². The Labute approximate surface area is 159 Å². The van der Waals surface area contributed by atoms with E-state index in [2.05, 4.69) is 31.3 Å². The van der Waals surface area contributed by atoms with E-state index in [1.165, 1.54) is 4.90 Å². The van der Waals surface area contributed by atoms with Crippen LogP contribution in [0.25, 0.3) is 5.65 Å². The van der Waals surface area contributed by atoms with Crippen molar-refractivity contribution in [3.63, 3.8) is 0 Å². The number of anilines is 2. The summed E-state index contributed by atoms with van der Waals surface area (Å²) in [6.45, 7) is 0.456. The summed E-state index contributed by atoms with van der Waals surface area (Å²) in [6.07, 6.45) is 6.03. The molecule has 9 heteroatoms. The lowest BCUT2D eigenvalue weighted by atomic mass is 9.92. The predicted octanol–water partition coefficient (Wildman–Crippen LogP) is 3.10. The van der Waals surface area contributed by atoms with Crippen LogP contribution in [0.1, 0.15) is 38.5 Å². The molecule has 0 spiro atoms. The Kier molecular flexibility index (Phi) is 4.74. The molecule has 2 fully saturated rings. The Morgan fingerprint density at radius 3 is 2.81 bits per heavy atom. The minimum Gasteiger partial charge on any atom is -0.465 e. The van der Waals surface area contributed by atoms with E-state index in [-0.39, 0.29) is 6.04 Å².